The molecular formula is C14H19ClO2S. The second kappa shape index (κ2) is 6.48. The fourth-order valence-corrected chi connectivity index (χ4v) is 3.29. The first kappa shape index (κ1) is 15.4. The molecule has 0 aliphatic carbocycles. The van der Waals surface area contributed by atoms with Gasteiger partial charge in [0.2, 0.25) is 0 Å². The molecule has 100 valence electrons. The molecule has 3 atom stereocenters. The first-order valence-electron chi connectivity index (χ1n) is 6.03. The number of rotatable bonds is 5. The lowest BCUT2D eigenvalue weighted by Gasteiger charge is -2.19. The summed E-state index contributed by atoms with van der Waals surface area (Å²) in [7, 11) is -1.17. The molecule has 0 aliphatic heterocycles. The minimum absolute atomic E-state index is 0.00290. The van der Waals surface area contributed by atoms with Gasteiger partial charge in [0, 0.05) is 26.6 Å². The fourth-order valence-electron chi connectivity index (χ4n) is 1.57. The van der Waals surface area contributed by atoms with Crippen LogP contribution < -0.4 is 0 Å². The molecule has 1 rings (SSSR count). The van der Waals surface area contributed by atoms with Gasteiger partial charge in [-0.2, -0.15) is 0 Å². The number of Topliss-reactive ketones (excluding diaryl/α,β-unsaturated/α-hetero) is 1. The summed E-state index contributed by atoms with van der Waals surface area (Å²) in [4.78, 5) is 12.2. The molecular weight excluding hydrogens is 268 g/mol. The Morgan fingerprint density at radius 1 is 1.22 bits per heavy atom. The number of hydrogen-bond donors (Lipinski definition) is 0. The molecule has 2 nitrogen and oxygen atoms in total. The summed E-state index contributed by atoms with van der Waals surface area (Å²) in [6, 6.07) is 6.79. The van der Waals surface area contributed by atoms with Gasteiger partial charge in [-0.25, -0.2) is 0 Å². The first-order chi connectivity index (χ1) is 8.34. The van der Waals surface area contributed by atoms with Crippen molar-refractivity contribution in [2.75, 3.05) is 0 Å². The summed E-state index contributed by atoms with van der Waals surface area (Å²) in [5.41, 5.74) is 0.527. The van der Waals surface area contributed by atoms with Gasteiger partial charge in [0.25, 0.3) is 0 Å². The zero-order valence-corrected chi connectivity index (χ0v) is 12.7. The molecule has 3 unspecified atom stereocenters. The van der Waals surface area contributed by atoms with Crippen molar-refractivity contribution in [2.24, 2.45) is 5.92 Å². The zero-order chi connectivity index (χ0) is 13.9. The van der Waals surface area contributed by atoms with Crippen LogP contribution in [0.4, 0.5) is 0 Å². The van der Waals surface area contributed by atoms with E-state index in [9.17, 15) is 9.00 Å². The van der Waals surface area contributed by atoms with E-state index in [0.29, 0.717) is 16.5 Å². The summed E-state index contributed by atoms with van der Waals surface area (Å²) in [6.45, 7) is 7.67. The van der Waals surface area contributed by atoms with E-state index in [2.05, 4.69) is 0 Å². The zero-order valence-electron chi connectivity index (χ0n) is 11.1. The van der Waals surface area contributed by atoms with Gasteiger partial charge in [0.1, 0.15) is 0 Å². The molecule has 0 bridgehead atoms. The highest BCUT2D eigenvalue weighted by molar-refractivity contribution is 7.87. The van der Waals surface area contributed by atoms with Crippen LogP contribution in [-0.2, 0) is 10.8 Å². The molecule has 0 amide bonds. The van der Waals surface area contributed by atoms with Crippen LogP contribution in [0.2, 0.25) is 5.02 Å². The van der Waals surface area contributed by atoms with Crippen molar-refractivity contribution in [2.45, 2.75) is 38.2 Å². The predicted octanol–water partition coefficient (Wildman–Crippen LogP) is 3.70. The highest BCUT2D eigenvalue weighted by Crippen LogP contribution is 2.18. The third-order valence-electron chi connectivity index (χ3n) is 3.13. The van der Waals surface area contributed by atoms with Crippen molar-refractivity contribution in [3.05, 3.63) is 34.9 Å². The molecule has 0 aromatic heterocycles. The molecule has 0 radical (unpaired) electrons. The normalized spacial score (nSPS) is 16.3. The lowest BCUT2D eigenvalue weighted by molar-refractivity contribution is 0.0992. The number of carbonyl (C=O) groups excluding carboxylic acids is 1. The fraction of sp³-hybridized carbons (Fsp3) is 0.500. The number of hydrogen-bond acceptors (Lipinski definition) is 2. The van der Waals surface area contributed by atoms with E-state index in [1.165, 1.54) is 0 Å². The van der Waals surface area contributed by atoms with E-state index in [-0.39, 0.29) is 11.0 Å². The van der Waals surface area contributed by atoms with Crippen LogP contribution in [0.5, 0.6) is 0 Å². The van der Waals surface area contributed by atoms with Gasteiger partial charge in [-0.05, 0) is 25.0 Å². The van der Waals surface area contributed by atoms with Gasteiger partial charge in [-0.3, -0.25) is 9.00 Å². The lowest BCUT2D eigenvalue weighted by atomic mass is 10.1. The van der Waals surface area contributed by atoms with Crippen LogP contribution in [0.25, 0.3) is 0 Å². The van der Waals surface area contributed by atoms with Gasteiger partial charge in [-0.15, -0.1) is 0 Å². The molecule has 4 heteroatoms. The maximum absolute atomic E-state index is 12.2. The van der Waals surface area contributed by atoms with Gasteiger partial charge in [0.05, 0.1) is 5.25 Å². The standard InChI is InChI=1S/C14H19ClO2S/c1-9(2)10(3)18(17)11(4)14(16)12-6-5-7-13(15)8-12/h5-11H,1-4H3. The van der Waals surface area contributed by atoms with Gasteiger partial charge < -0.3 is 0 Å². The molecule has 0 saturated heterocycles. The van der Waals surface area contributed by atoms with Crippen LogP contribution in [0.3, 0.4) is 0 Å². The second-order valence-corrected chi connectivity index (χ2v) is 7.34. The van der Waals surface area contributed by atoms with Crippen molar-refractivity contribution in [1.29, 1.82) is 0 Å². The SMILES string of the molecule is CC(C)C(C)S(=O)C(C)C(=O)c1cccc(Cl)c1. The number of carbonyl (C=O) groups is 1. The molecule has 1 aromatic rings. The third-order valence-corrected chi connectivity index (χ3v) is 5.56. The Kier molecular flexibility index (Phi) is 5.54. The maximum atomic E-state index is 12.2. The minimum atomic E-state index is -1.17. The highest BCUT2D eigenvalue weighted by Gasteiger charge is 2.27. The first-order valence-corrected chi connectivity index (χ1v) is 7.69. The van der Waals surface area contributed by atoms with Crippen LogP contribution in [0.15, 0.2) is 24.3 Å². The van der Waals surface area contributed by atoms with E-state index in [4.69, 9.17) is 11.6 Å². The van der Waals surface area contributed by atoms with Gasteiger partial charge in [0.15, 0.2) is 5.78 Å². The van der Waals surface area contributed by atoms with Crippen molar-refractivity contribution >= 4 is 28.2 Å². The van der Waals surface area contributed by atoms with E-state index in [0.717, 1.165) is 0 Å². The van der Waals surface area contributed by atoms with Crippen molar-refractivity contribution in [3.8, 4) is 0 Å². The molecule has 0 heterocycles. The van der Waals surface area contributed by atoms with Crippen molar-refractivity contribution < 1.29 is 9.00 Å². The van der Waals surface area contributed by atoms with Crippen LogP contribution in [0, 0.1) is 5.92 Å². The van der Waals surface area contributed by atoms with Gasteiger partial charge >= 0.3 is 0 Å². The summed E-state index contributed by atoms with van der Waals surface area (Å²) in [6.07, 6.45) is 0. The Morgan fingerprint density at radius 3 is 2.33 bits per heavy atom. The van der Waals surface area contributed by atoms with Crippen LogP contribution >= 0.6 is 11.6 Å². The van der Waals surface area contributed by atoms with Crippen LogP contribution in [0.1, 0.15) is 38.1 Å². The summed E-state index contributed by atoms with van der Waals surface area (Å²) in [5, 5.41) is 0.0275. The number of halogens is 1. The van der Waals surface area contributed by atoms with Gasteiger partial charge in [-0.1, -0.05) is 44.5 Å². The Balaban J connectivity index is 2.88. The molecule has 0 fully saturated rings. The van der Waals surface area contributed by atoms with E-state index in [1.807, 2.05) is 20.8 Å². The Labute approximate surface area is 116 Å². The molecule has 0 spiro atoms. The highest BCUT2D eigenvalue weighted by atomic mass is 35.5. The summed E-state index contributed by atoms with van der Waals surface area (Å²) in [5.74, 6) is 0.184. The molecule has 0 aliphatic rings. The molecule has 0 saturated carbocycles. The average Bonchev–Trinajstić information content (AvgIpc) is 2.35. The smallest absolute Gasteiger partial charge is 0.178 e. The Morgan fingerprint density at radius 2 is 1.83 bits per heavy atom. The molecule has 18 heavy (non-hydrogen) atoms. The molecule has 0 N–H and O–H groups in total. The Bertz CT molecular complexity index is 457. The van der Waals surface area contributed by atoms with E-state index >= 15 is 0 Å². The topological polar surface area (TPSA) is 34.1 Å². The monoisotopic (exact) mass is 286 g/mol. The summed E-state index contributed by atoms with van der Waals surface area (Å²) >= 11 is 5.86. The maximum Gasteiger partial charge on any atom is 0.178 e. The Hall–Kier alpha value is -0.670. The predicted molar refractivity (Wildman–Crippen MR) is 77.7 cm³/mol. The number of ketones is 1. The van der Waals surface area contributed by atoms with E-state index < -0.39 is 16.0 Å². The quantitative estimate of drug-likeness (QED) is 0.774. The second-order valence-electron chi connectivity index (χ2n) is 4.79. The van der Waals surface area contributed by atoms with E-state index in [1.54, 1.807) is 31.2 Å². The molecule has 1 aromatic carbocycles. The lowest BCUT2D eigenvalue weighted by Crippen LogP contribution is -2.31. The third kappa shape index (κ3) is 3.66. The van der Waals surface area contributed by atoms with Crippen molar-refractivity contribution in [3.63, 3.8) is 0 Å². The largest absolute Gasteiger partial charge is 0.293 e. The average molecular weight is 287 g/mol. The number of benzene rings is 1. The van der Waals surface area contributed by atoms with Crippen molar-refractivity contribution in [1.82, 2.24) is 0 Å². The minimum Gasteiger partial charge on any atom is -0.293 e. The van der Waals surface area contributed by atoms with Crippen LogP contribution in [-0.4, -0.2) is 20.5 Å². The summed E-state index contributed by atoms with van der Waals surface area (Å²) < 4.78 is 12.2.